The molecule has 0 spiro atoms. The third-order valence-corrected chi connectivity index (χ3v) is 3.12. The molecule has 0 aliphatic heterocycles. The Kier molecular flexibility index (Phi) is 9.30. The second-order valence-corrected chi connectivity index (χ2v) is 4.75. The molecule has 15 heavy (non-hydrogen) atoms. The Morgan fingerprint density at radius 2 is 1.53 bits per heavy atom. The summed E-state index contributed by atoms with van der Waals surface area (Å²) >= 11 is 0. The van der Waals surface area contributed by atoms with Crippen LogP contribution in [0.1, 0.15) is 42.9 Å². The van der Waals surface area contributed by atoms with E-state index in [0.717, 1.165) is 0 Å². The molecule has 0 saturated heterocycles. The maximum atomic E-state index is 7.92. The van der Waals surface area contributed by atoms with Crippen LogP contribution in [0.2, 0.25) is 0 Å². The van der Waals surface area contributed by atoms with Gasteiger partial charge in [-0.15, -0.1) is 5.41 Å². The SMILES string of the molecule is [3H]C1=[C-]C(C)(C)C(C)=C(C)C1(C)C.[U].[V].[W]. The Labute approximate surface area is 146 Å². The molecule has 0 unspecified atom stereocenters. The molecule has 0 heterocycles. The van der Waals surface area contributed by atoms with Crippen LogP contribution in [-0.4, -0.2) is 0 Å². The summed E-state index contributed by atoms with van der Waals surface area (Å²) in [5.41, 5.74) is 2.49. The van der Waals surface area contributed by atoms with Crippen molar-refractivity contribution in [1.82, 2.24) is 0 Å². The molecule has 0 aromatic heterocycles. The van der Waals surface area contributed by atoms with Crippen molar-refractivity contribution >= 4 is 0 Å². The molecule has 83 valence electrons. The predicted molar refractivity (Wildman–Crippen MR) is 53.7 cm³/mol. The largest absolute Gasteiger partial charge is 0.490 e. The molecule has 0 N–H and O–H groups in total. The monoisotopic (exact) mass is 638 g/mol. The van der Waals surface area contributed by atoms with E-state index in [1.54, 1.807) is 0 Å². The standard InChI is InChI=1S/C12H19.U.V.W/c1-9-10(2)12(5,6)8-7-11(9,3)4;;;/h7H,1-6H3;;;/q-1;;;/i7T;;;. The van der Waals surface area contributed by atoms with Gasteiger partial charge in [0.15, 0.2) is 0 Å². The molecule has 1 aliphatic carbocycles. The summed E-state index contributed by atoms with van der Waals surface area (Å²) in [7, 11) is 0. The average Bonchev–Trinajstić information content (AvgIpc) is 1.98. The first-order chi connectivity index (χ1) is 5.69. The van der Waals surface area contributed by atoms with E-state index < -0.39 is 0 Å². The molecular formula is C12H19UVW-. The molecule has 0 aromatic rings. The fourth-order valence-electron chi connectivity index (χ4n) is 1.44. The van der Waals surface area contributed by atoms with Crippen LogP contribution < -0.4 is 0 Å². The maximum Gasteiger partial charge on any atom is 0.0173 e. The summed E-state index contributed by atoms with van der Waals surface area (Å²) in [5.74, 6) is 0. The second kappa shape index (κ2) is 7.29. The van der Waals surface area contributed by atoms with Gasteiger partial charge in [-0.05, 0) is 19.3 Å². The van der Waals surface area contributed by atoms with Crippen molar-refractivity contribution < 1.29 is 72.1 Å². The van der Waals surface area contributed by atoms with E-state index in [1.165, 1.54) is 11.1 Å². The normalized spacial score (nSPS) is 22.5. The van der Waals surface area contributed by atoms with Crippen molar-refractivity contribution in [2.24, 2.45) is 10.8 Å². The van der Waals surface area contributed by atoms with Crippen molar-refractivity contribution in [3.05, 3.63) is 23.3 Å². The van der Waals surface area contributed by atoms with E-state index in [1.807, 2.05) is 0 Å². The molecule has 0 nitrogen and oxygen atoms in total. The van der Waals surface area contributed by atoms with Gasteiger partial charge in [-0.25, -0.2) is 0 Å². The summed E-state index contributed by atoms with van der Waals surface area (Å²) in [4.78, 5) is 0. The average molecular weight is 638 g/mol. The number of hydrogen-bond acceptors (Lipinski definition) is 0. The summed E-state index contributed by atoms with van der Waals surface area (Å²) in [6.07, 6.45) is 3.25. The van der Waals surface area contributed by atoms with Crippen LogP contribution in [0.3, 0.4) is 0 Å². The zero-order chi connectivity index (χ0) is 10.4. The Morgan fingerprint density at radius 1 is 1.13 bits per heavy atom. The first-order valence-electron chi connectivity index (χ1n) is 5.00. The van der Waals surface area contributed by atoms with Gasteiger partial charge >= 0.3 is 0 Å². The van der Waals surface area contributed by atoms with E-state index >= 15 is 0 Å². The molecular weight excluding hydrogens is 617 g/mol. The summed E-state index contributed by atoms with van der Waals surface area (Å²) < 4.78 is 7.92. The van der Waals surface area contributed by atoms with Crippen LogP contribution >= 0.6 is 0 Å². The minimum Gasteiger partial charge on any atom is -0.490 e. The molecule has 0 aromatic carbocycles. The van der Waals surface area contributed by atoms with Crippen molar-refractivity contribution in [3.63, 3.8) is 0 Å². The first-order valence-corrected chi connectivity index (χ1v) is 4.50. The predicted octanol–water partition coefficient (Wildman–Crippen LogP) is 3.74. The topological polar surface area (TPSA) is 0 Å². The minimum absolute atomic E-state index is 0. The second-order valence-electron chi connectivity index (χ2n) is 4.75. The van der Waals surface area contributed by atoms with Crippen LogP contribution in [0.15, 0.2) is 17.2 Å². The Morgan fingerprint density at radius 3 is 1.93 bits per heavy atom. The smallest absolute Gasteiger partial charge is 0.0173 e. The fourth-order valence-corrected chi connectivity index (χ4v) is 1.44. The van der Waals surface area contributed by atoms with E-state index in [4.69, 9.17) is 1.37 Å². The molecule has 0 saturated carbocycles. The third-order valence-electron chi connectivity index (χ3n) is 3.12. The summed E-state index contributed by atoms with van der Waals surface area (Å²) in [6, 6.07) is 0.626. The van der Waals surface area contributed by atoms with Crippen LogP contribution in [-0.2, 0) is 39.6 Å². The van der Waals surface area contributed by atoms with E-state index in [-0.39, 0.29) is 81.6 Å². The Bertz CT molecular complexity index is 306. The van der Waals surface area contributed by atoms with Gasteiger partial charge in [0.05, 0.1) is 0 Å². The van der Waals surface area contributed by atoms with Gasteiger partial charge < -0.3 is 6.08 Å². The molecule has 1 aliphatic rings. The molecule has 1 radical (unpaired) electrons. The van der Waals surface area contributed by atoms with Crippen LogP contribution in [0.5, 0.6) is 0 Å². The van der Waals surface area contributed by atoms with Crippen molar-refractivity contribution in [2.75, 3.05) is 0 Å². The van der Waals surface area contributed by atoms with Gasteiger partial charge in [0.2, 0.25) is 0 Å². The van der Waals surface area contributed by atoms with Gasteiger partial charge in [-0.2, -0.15) is 0 Å². The van der Waals surface area contributed by atoms with Crippen LogP contribution in [0, 0.1) is 48.0 Å². The zero-order valence-corrected chi connectivity index (χ0v) is 18.8. The minimum atomic E-state index is -0.125. The molecule has 0 bridgehead atoms. The molecule has 3 heteroatoms. The molecule has 0 amide bonds. The van der Waals surface area contributed by atoms with Gasteiger partial charge in [-0.3, -0.25) is 6.05 Å². The van der Waals surface area contributed by atoms with Crippen molar-refractivity contribution in [3.8, 4) is 0 Å². The molecule has 0 fully saturated rings. The van der Waals surface area contributed by atoms with Crippen LogP contribution in [0.25, 0.3) is 0 Å². The first kappa shape index (κ1) is 19.2. The summed E-state index contributed by atoms with van der Waals surface area (Å²) in [6.45, 7) is 12.7. The summed E-state index contributed by atoms with van der Waals surface area (Å²) in [5, 5.41) is 0. The van der Waals surface area contributed by atoms with Crippen molar-refractivity contribution in [1.29, 1.82) is 0 Å². The maximum absolute atomic E-state index is 7.92. The van der Waals surface area contributed by atoms with E-state index in [2.05, 4.69) is 47.6 Å². The Balaban J connectivity index is -0.000000563. The Hall–Kier alpha value is 1.80. The van der Waals surface area contributed by atoms with Gasteiger partial charge in [0, 0.05) is 72.1 Å². The van der Waals surface area contributed by atoms with Gasteiger partial charge in [0.25, 0.3) is 0 Å². The molecule has 1 rings (SSSR count). The van der Waals surface area contributed by atoms with Gasteiger partial charge in [-0.1, -0.05) is 38.8 Å². The van der Waals surface area contributed by atoms with E-state index in [0.29, 0.717) is 6.05 Å². The number of rotatable bonds is 0. The van der Waals surface area contributed by atoms with E-state index in [9.17, 15) is 0 Å². The fraction of sp³-hybridized carbons (Fsp3) is 0.667. The van der Waals surface area contributed by atoms with Crippen molar-refractivity contribution in [2.45, 2.75) is 41.5 Å². The third kappa shape index (κ3) is 4.90. The molecule has 0 atom stereocenters. The number of hydrogen-bond donors (Lipinski definition) is 0. The van der Waals surface area contributed by atoms with Gasteiger partial charge in [0.1, 0.15) is 0 Å². The quantitative estimate of drug-likeness (QED) is 0.281. The zero-order valence-electron chi connectivity index (χ0n) is 11.4. The number of allylic oxidation sites excluding steroid dienone is 4. The van der Waals surface area contributed by atoms with Crippen LogP contribution in [0.4, 0.5) is 0 Å².